The zero-order valence-corrected chi connectivity index (χ0v) is 21.8. The lowest BCUT2D eigenvalue weighted by Gasteiger charge is -2.26. The summed E-state index contributed by atoms with van der Waals surface area (Å²) in [5.74, 6) is -1.22. The van der Waals surface area contributed by atoms with Gasteiger partial charge in [-0.05, 0) is 97.6 Å². The first-order valence-corrected chi connectivity index (χ1v) is 13.6. The van der Waals surface area contributed by atoms with Crippen molar-refractivity contribution in [2.45, 2.75) is 83.4 Å². The van der Waals surface area contributed by atoms with Gasteiger partial charge in [0.1, 0.15) is 11.6 Å². The summed E-state index contributed by atoms with van der Waals surface area (Å²) in [6.07, 6.45) is 1.33. The van der Waals surface area contributed by atoms with Gasteiger partial charge in [-0.3, -0.25) is 0 Å². The number of aliphatic hydroxyl groups is 1. The molecule has 3 aromatic carbocycles. The summed E-state index contributed by atoms with van der Waals surface area (Å²) < 4.78 is 71.6. The summed E-state index contributed by atoms with van der Waals surface area (Å²) in [6.45, 7) is 2.05. The van der Waals surface area contributed by atoms with Gasteiger partial charge in [-0.2, -0.15) is 13.2 Å². The maximum absolute atomic E-state index is 15.3. The lowest BCUT2D eigenvalue weighted by Crippen LogP contribution is -2.19. The smallest absolute Gasteiger partial charge is 0.393 e. The Kier molecular flexibility index (Phi) is 9.24. The molecular formula is C32H35F5O. The summed E-state index contributed by atoms with van der Waals surface area (Å²) in [4.78, 5) is 0. The molecule has 1 aliphatic rings. The zero-order valence-electron chi connectivity index (χ0n) is 21.8. The van der Waals surface area contributed by atoms with Gasteiger partial charge in [0.15, 0.2) is 0 Å². The highest BCUT2D eigenvalue weighted by atomic mass is 19.4. The van der Waals surface area contributed by atoms with Crippen LogP contribution in [0.15, 0.2) is 54.6 Å². The van der Waals surface area contributed by atoms with Crippen molar-refractivity contribution in [2.24, 2.45) is 5.92 Å². The lowest BCUT2D eigenvalue weighted by molar-refractivity contribution is -0.140. The predicted octanol–water partition coefficient (Wildman–Crippen LogP) is 8.87. The largest absolute Gasteiger partial charge is 0.419 e. The van der Waals surface area contributed by atoms with Crippen molar-refractivity contribution in [3.05, 3.63) is 94.0 Å². The van der Waals surface area contributed by atoms with Crippen LogP contribution in [0.3, 0.4) is 0 Å². The first-order valence-electron chi connectivity index (χ1n) is 13.6. The van der Waals surface area contributed by atoms with Crippen molar-refractivity contribution in [1.82, 2.24) is 0 Å². The summed E-state index contributed by atoms with van der Waals surface area (Å²) >= 11 is 0. The topological polar surface area (TPSA) is 20.2 Å². The number of rotatable bonds is 9. The number of halogens is 5. The third-order valence-electron chi connectivity index (χ3n) is 7.75. The van der Waals surface area contributed by atoms with Crippen LogP contribution >= 0.6 is 0 Å². The van der Waals surface area contributed by atoms with Crippen LogP contribution in [-0.2, 0) is 31.9 Å². The van der Waals surface area contributed by atoms with Gasteiger partial charge in [0.2, 0.25) is 0 Å². The Labute approximate surface area is 221 Å². The molecule has 1 nitrogen and oxygen atoms in total. The van der Waals surface area contributed by atoms with Gasteiger partial charge in [0.05, 0.1) is 11.7 Å². The summed E-state index contributed by atoms with van der Waals surface area (Å²) in [5, 5.41) is 9.66. The number of aliphatic hydroxyl groups excluding tert-OH is 1. The minimum absolute atomic E-state index is 0.0199. The Morgan fingerprint density at radius 3 is 2.05 bits per heavy atom. The summed E-state index contributed by atoms with van der Waals surface area (Å²) in [6, 6.07) is 14.9. The molecule has 0 spiro atoms. The highest BCUT2D eigenvalue weighted by Crippen LogP contribution is 2.39. The van der Waals surface area contributed by atoms with Crippen molar-refractivity contribution in [2.75, 3.05) is 0 Å². The highest BCUT2D eigenvalue weighted by Gasteiger charge is 2.38. The van der Waals surface area contributed by atoms with Gasteiger partial charge in [0, 0.05) is 5.56 Å². The predicted molar refractivity (Wildman–Crippen MR) is 141 cm³/mol. The molecule has 0 aromatic heterocycles. The van der Waals surface area contributed by atoms with E-state index in [1.165, 1.54) is 12.1 Å². The van der Waals surface area contributed by atoms with Crippen molar-refractivity contribution < 1.29 is 27.1 Å². The Bertz CT molecular complexity index is 1210. The molecule has 204 valence electrons. The van der Waals surface area contributed by atoms with Gasteiger partial charge in [-0.25, -0.2) is 8.78 Å². The molecule has 0 atom stereocenters. The summed E-state index contributed by atoms with van der Waals surface area (Å²) in [7, 11) is 0. The molecule has 3 aromatic rings. The number of benzene rings is 3. The Balaban J connectivity index is 1.47. The van der Waals surface area contributed by atoms with Gasteiger partial charge in [0.25, 0.3) is 0 Å². The molecule has 0 unspecified atom stereocenters. The van der Waals surface area contributed by atoms with E-state index in [-0.39, 0.29) is 35.4 Å². The minimum atomic E-state index is -4.80. The SMILES string of the molecule is CCCc1ccc(CCc2ccc(-c3ccc(CCC4CCC(O)CC4)c(C(F)(F)F)c3F)cc2)c(F)c1. The number of hydrogen-bond donors (Lipinski definition) is 1. The third-order valence-corrected chi connectivity index (χ3v) is 7.75. The number of aryl methyl sites for hydroxylation is 4. The Hall–Kier alpha value is -2.73. The minimum Gasteiger partial charge on any atom is -0.393 e. The number of alkyl halides is 3. The monoisotopic (exact) mass is 530 g/mol. The first kappa shape index (κ1) is 28.3. The van der Waals surface area contributed by atoms with Crippen molar-refractivity contribution in [1.29, 1.82) is 0 Å². The molecule has 4 rings (SSSR count). The molecule has 0 amide bonds. The van der Waals surface area contributed by atoms with Crippen LogP contribution in [0, 0.1) is 17.6 Å². The summed E-state index contributed by atoms with van der Waals surface area (Å²) in [5.41, 5.74) is 1.58. The van der Waals surface area contributed by atoms with Crippen molar-refractivity contribution in [3.8, 4) is 11.1 Å². The average molecular weight is 531 g/mol. The Morgan fingerprint density at radius 2 is 1.42 bits per heavy atom. The molecule has 0 radical (unpaired) electrons. The standard InChI is InChI=1S/C32H35F5O/c1-2-3-23-8-14-25(29(33)20-23)13-6-21-4-11-24(12-5-21)28-19-16-26(30(31(28)34)32(35,36)37)15-7-22-9-17-27(38)18-10-22/h4-5,8,11-12,14,16,19-20,22,27,38H,2-3,6-7,9-10,13,15,17-18H2,1H3. The van der Waals surface area contributed by atoms with Crippen LogP contribution in [0.2, 0.25) is 0 Å². The van der Waals surface area contributed by atoms with Crippen LogP contribution in [0.5, 0.6) is 0 Å². The third kappa shape index (κ3) is 7.02. The normalized spacial score (nSPS) is 18.1. The Morgan fingerprint density at radius 1 is 0.763 bits per heavy atom. The second-order valence-corrected chi connectivity index (χ2v) is 10.5. The fourth-order valence-corrected chi connectivity index (χ4v) is 5.51. The molecule has 6 heteroatoms. The van der Waals surface area contributed by atoms with Gasteiger partial charge in [-0.1, -0.05) is 61.9 Å². The molecule has 0 heterocycles. The molecule has 0 aliphatic heterocycles. The fourth-order valence-electron chi connectivity index (χ4n) is 5.51. The van der Waals surface area contributed by atoms with Crippen molar-refractivity contribution in [3.63, 3.8) is 0 Å². The van der Waals surface area contributed by atoms with E-state index in [9.17, 15) is 22.7 Å². The molecule has 0 bridgehead atoms. The molecule has 0 saturated heterocycles. The van der Waals surface area contributed by atoms with E-state index in [1.807, 2.05) is 19.1 Å². The van der Waals surface area contributed by atoms with E-state index in [1.54, 1.807) is 30.3 Å². The van der Waals surface area contributed by atoms with E-state index in [2.05, 4.69) is 0 Å². The average Bonchev–Trinajstić information content (AvgIpc) is 2.88. The zero-order chi connectivity index (χ0) is 27.3. The van der Waals surface area contributed by atoms with Crippen LogP contribution in [-0.4, -0.2) is 11.2 Å². The molecule has 1 N–H and O–H groups in total. The molecule has 1 aliphatic carbocycles. The number of hydrogen-bond acceptors (Lipinski definition) is 1. The molecule has 1 fully saturated rings. The van der Waals surface area contributed by atoms with E-state index < -0.39 is 17.6 Å². The van der Waals surface area contributed by atoms with E-state index in [4.69, 9.17) is 0 Å². The first-order chi connectivity index (χ1) is 18.2. The van der Waals surface area contributed by atoms with E-state index in [0.717, 1.165) is 36.8 Å². The second-order valence-electron chi connectivity index (χ2n) is 10.5. The lowest BCUT2D eigenvalue weighted by atomic mass is 9.83. The molecule has 38 heavy (non-hydrogen) atoms. The molecule has 1 saturated carbocycles. The van der Waals surface area contributed by atoms with Crippen LogP contribution in [0.1, 0.15) is 73.3 Å². The molecular weight excluding hydrogens is 495 g/mol. The highest BCUT2D eigenvalue weighted by molar-refractivity contribution is 5.66. The van der Waals surface area contributed by atoms with Crippen LogP contribution in [0.4, 0.5) is 22.0 Å². The van der Waals surface area contributed by atoms with E-state index >= 15 is 4.39 Å². The van der Waals surface area contributed by atoms with Gasteiger partial charge < -0.3 is 5.11 Å². The van der Waals surface area contributed by atoms with Crippen LogP contribution < -0.4 is 0 Å². The van der Waals surface area contributed by atoms with Gasteiger partial charge >= 0.3 is 6.18 Å². The second kappa shape index (κ2) is 12.4. The van der Waals surface area contributed by atoms with Crippen molar-refractivity contribution >= 4 is 0 Å². The maximum atomic E-state index is 15.3. The van der Waals surface area contributed by atoms with Crippen LogP contribution in [0.25, 0.3) is 11.1 Å². The maximum Gasteiger partial charge on any atom is 0.419 e. The fraction of sp³-hybridized carbons (Fsp3) is 0.438. The van der Waals surface area contributed by atoms with Gasteiger partial charge in [-0.15, -0.1) is 0 Å². The van der Waals surface area contributed by atoms with E-state index in [0.29, 0.717) is 43.2 Å². The quantitative estimate of drug-likeness (QED) is 0.274.